The second-order valence-corrected chi connectivity index (χ2v) is 4.93. The molecule has 21 heavy (non-hydrogen) atoms. The van der Waals surface area contributed by atoms with E-state index in [1.807, 2.05) is 24.3 Å². The number of anilines is 2. The maximum atomic E-state index is 11.7. The number of carbonyl (C=O) groups excluding carboxylic acids is 2. The third-order valence-electron chi connectivity index (χ3n) is 3.45. The van der Waals surface area contributed by atoms with E-state index < -0.39 is 0 Å². The van der Waals surface area contributed by atoms with Gasteiger partial charge in [0.15, 0.2) is 0 Å². The Morgan fingerprint density at radius 3 is 2.76 bits per heavy atom. The molecule has 0 spiro atoms. The lowest BCUT2D eigenvalue weighted by Crippen LogP contribution is -2.41. The highest BCUT2D eigenvalue weighted by atomic mass is 16.6. The van der Waals surface area contributed by atoms with Crippen LogP contribution in [0.5, 0.6) is 0 Å². The number of ether oxygens (including phenoxy) is 2. The molecule has 1 aromatic rings. The van der Waals surface area contributed by atoms with Gasteiger partial charge in [-0.15, -0.1) is 0 Å². The molecule has 0 radical (unpaired) electrons. The highest BCUT2D eigenvalue weighted by Gasteiger charge is 2.22. The number of carbonyl (C=O) groups is 2. The Morgan fingerprint density at radius 1 is 1.29 bits per heavy atom. The quantitative estimate of drug-likeness (QED) is 0.848. The average Bonchev–Trinajstić information content (AvgIpc) is 2.92. The molecule has 1 atom stereocenters. The smallest absolute Gasteiger partial charge is 0.407 e. The van der Waals surface area contributed by atoms with E-state index in [4.69, 9.17) is 9.47 Å². The largest absolute Gasteiger partial charge is 0.442 e. The van der Waals surface area contributed by atoms with Crippen molar-refractivity contribution in [3.8, 4) is 0 Å². The molecule has 0 unspecified atom stereocenters. The van der Waals surface area contributed by atoms with Crippen molar-refractivity contribution in [1.29, 1.82) is 0 Å². The summed E-state index contributed by atoms with van der Waals surface area (Å²) in [6.45, 7) is 2.35. The van der Waals surface area contributed by atoms with Gasteiger partial charge in [0.05, 0.1) is 19.7 Å². The monoisotopic (exact) mass is 291 g/mol. The zero-order chi connectivity index (χ0) is 14.7. The summed E-state index contributed by atoms with van der Waals surface area (Å²) in [4.78, 5) is 24.4. The van der Waals surface area contributed by atoms with Crippen molar-refractivity contribution in [2.45, 2.75) is 6.10 Å². The lowest BCUT2D eigenvalue weighted by molar-refractivity contribution is -0.125. The molecule has 2 aliphatic rings. The normalized spacial score (nSPS) is 21.9. The van der Waals surface area contributed by atoms with Crippen molar-refractivity contribution >= 4 is 23.4 Å². The third-order valence-corrected chi connectivity index (χ3v) is 3.45. The average molecular weight is 291 g/mol. The molecule has 7 nitrogen and oxygen atoms in total. The van der Waals surface area contributed by atoms with Gasteiger partial charge in [0, 0.05) is 17.9 Å². The Hall–Kier alpha value is -2.28. The van der Waals surface area contributed by atoms with Gasteiger partial charge in [-0.1, -0.05) is 0 Å². The lowest BCUT2D eigenvalue weighted by atomic mass is 10.2. The number of nitrogens with zero attached hydrogens (tertiary/aromatic N) is 1. The highest BCUT2D eigenvalue weighted by molar-refractivity contribution is 5.95. The molecule has 0 aromatic heterocycles. The van der Waals surface area contributed by atoms with Crippen LogP contribution in [0.3, 0.4) is 0 Å². The Balaban J connectivity index is 1.56. The van der Waals surface area contributed by atoms with Crippen molar-refractivity contribution in [3.63, 3.8) is 0 Å². The molecule has 3 rings (SSSR count). The van der Waals surface area contributed by atoms with E-state index in [1.165, 1.54) is 0 Å². The second kappa shape index (κ2) is 6.01. The maximum absolute atomic E-state index is 11.7. The highest BCUT2D eigenvalue weighted by Crippen LogP contribution is 2.19. The van der Waals surface area contributed by atoms with E-state index in [0.717, 1.165) is 11.4 Å². The Labute approximate surface area is 122 Å². The Morgan fingerprint density at radius 2 is 2.10 bits per heavy atom. The van der Waals surface area contributed by atoms with E-state index >= 15 is 0 Å². The van der Waals surface area contributed by atoms with Crippen LogP contribution in [0, 0.1) is 0 Å². The Bertz CT molecular complexity index is 532. The summed E-state index contributed by atoms with van der Waals surface area (Å²) in [5.41, 5.74) is 1.78. The van der Waals surface area contributed by atoms with Gasteiger partial charge in [-0.2, -0.15) is 0 Å². The molecule has 2 amide bonds. The van der Waals surface area contributed by atoms with Crippen LogP contribution in [0.2, 0.25) is 0 Å². The zero-order valence-electron chi connectivity index (χ0n) is 11.5. The van der Waals surface area contributed by atoms with Crippen molar-refractivity contribution in [3.05, 3.63) is 24.3 Å². The van der Waals surface area contributed by atoms with Crippen LogP contribution in [0.25, 0.3) is 0 Å². The summed E-state index contributed by atoms with van der Waals surface area (Å²) >= 11 is 0. The topological polar surface area (TPSA) is 79.9 Å². The summed E-state index contributed by atoms with van der Waals surface area (Å²) in [6.07, 6.45) is -0.527. The summed E-state index contributed by atoms with van der Waals surface area (Å²) in [5.74, 6) is -0.0223. The minimum Gasteiger partial charge on any atom is -0.442 e. The standard InChI is InChI=1S/C14H17N3O4/c18-13-9-20-6-5-17(13)11-3-1-10(2-4-11)15-7-12-8-16-14(19)21-12/h1-4,12,15H,5-9H2,(H,16,19)/t12-/m0/s1. The molecule has 7 heteroatoms. The third kappa shape index (κ3) is 3.25. The van der Waals surface area contributed by atoms with E-state index in [2.05, 4.69) is 10.6 Å². The van der Waals surface area contributed by atoms with Crippen LogP contribution in [0.15, 0.2) is 24.3 Å². The van der Waals surface area contributed by atoms with Crippen LogP contribution in [0.1, 0.15) is 0 Å². The van der Waals surface area contributed by atoms with Crippen molar-refractivity contribution in [1.82, 2.24) is 5.32 Å². The molecular formula is C14H17N3O4. The summed E-state index contributed by atoms with van der Waals surface area (Å²) in [7, 11) is 0. The predicted molar refractivity (Wildman–Crippen MR) is 76.4 cm³/mol. The van der Waals surface area contributed by atoms with E-state index in [9.17, 15) is 9.59 Å². The first kappa shape index (κ1) is 13.7. The number of nitrogens with one attached hydrogen (secondary N) is 2. The molecule has 2 fully saturated rings. The van der Waals surface area contributed by atoms with Crippen LogP contribution in [0.4, 0.5) is 16.2 Å². The van der Waals surface area contributed by atoms with Crippen molar-refractivity contribution in [2.75, 3.05) is 43.1 Å². The van der Waals surface area contributed by atoms with Crippen molar-refractivity contribution in [2.24, 2.45) is 0 Å². The molecule has 2 saturated heterocycles. The minimum absolute atomic E-state index is 0.0223. The molecule has 2 heterocycles. The molecule has 2 N–H and O–H groups in total. The summed E-state index contributed by atoms with van der Waals surface area (Å²) in [5, 5.41) is 5.81. The van der Waals surface area contributed by atoms with Crippen LogP contribution < -0.4 is 15.5 Å². The molecule has 1 aromatic carbocycles. The molecule has 0 saturated carbocycles. The van der Waals surface area contributed by atoms with Crippen molar-refractivity contribution < 1.29 is 19.1 Å². The lowest BCUT2D eigenvalue weighted by Gasteiger charge is -2.27. The number of benzene rings is 1. The first-order valence-corrected chi connectivity index (χ1v) is 6.89. The number of amides is 2. The molecule has 0 aliphatic carbocycles. The van der Waals surface area contributed by atoms with Gasteiger partial charge in [0.2, 0.25) is 0 Å². The van der Waals surface area contributed by atoms with Crippen LogP contribution in [-0.4, -0.2) is 51.0 Å². The second-order valence-electron chi connectivity index (χ2n) is 4.93. The number of hydrogen-bond donors (Lipinski definition) is 2. The van der Waals surface area contributed by atoms with Crippen LogP contribution in [-0.2, 0) is 14.3 Å². The van der Waals surface area contributed by atoms with Gasteiger partial charge in [-0.3, -0.25) is 4.79 Å². The molecular weight excluding hydrogens is 274 g/mol. The van der Waals surface area contributed by atoms with Gasteiger partial charge in [-0.05, 0) is 24.3 Å². The maximum Gasteiger partial charge on any atom is 0.407 e. The number of rotatable bonds is 4. The molecule has 112 valence electrons. The first-order valence-electron chi connectivity index (χ1n) is 6.89. The fourth-order valence-corrected chi connectivity index (χ4v) is 2.33. The molecule has 0 bridgehead atoms. The summed E-state index contributed by atoms with van der Waals surface area (Å²) in [6, 6.07) is 7.60. The van der Waals surface area contributed by atoms with Gasteiger partial charge in [0.25, 0.3) is 5.91 Å². The SMILES string of the molecule is O=C1NC[C@H](CNc2ccc(N3CCOCC3=O)cc2)O1. The predicted octanol–water partition coefficient (Wildman–Crippen LogP) is 0.570. The summed E-state index contributed by atoms with van der Waals surface area (Å²) < 4.78 is 10.1. The fourth-order valence-electron chi connectivity index (χ4n) is 2.33. The number of cyclic esters (lactones) is 1. The van der Waals surface area contributed by atoms with Gasteiger partial charge in [0.1, 0.15) is 12.7 Å². The first-order chi connectivity index (χ1) is 10.2. The molecule has 2 aliphatic heterocycles. The zero-order valence-corrected chi connectivity index (χ0v) is 11.5. The van der Waals surface area contributed by atoms with E-state index in [1.54, 1.807) is 4.90 Å². The number of hydrogen-bond acceptors (Lipinski definition) is 5. The van der Waals surface area contributed by atoms with Crippen LogP contribution >= 0.6 is 0 Å². The van der Waals surface area contributed by atoms with E-state index in [0.29, 0.717) is 26.2 Å². The van der Waals surface area contributed by atoms with Gasteiger partial charge in [-0.25, -0.2) is 4.79 Å². The fraction of sp³-hybridized carbons (Fsp3) is 0.429. The van der Waals surface area contributed by atoms with Gasteiger partial charge < -0.3 is 25.0 Å². The van der Waals surface area contributed by atoms with E-state index in [-0.39, 0.29) is 24.7 Å². The van der Waals surface area contributed by atoms with Gasteiger partial charge >= 0.3 is 6.09 Å². The number of morpholine rings is 1. The number of alkyl carbamates (subject to hydrolysis) is 1. The minimum atomic E-state index is -0.372. The Kier molecular flexibility index (Phi) is 3.92.